The number of carboxylic acids is 1. The first-order valence-corrected chi connectivity index (χ1v) is 10.3. The van der Waals surface area contributed by atoms with E-state index < -0.39 is 5.97 Å². The number of rotatable bonds is 5. The third kappa shape index (κ3) is 3.85. The lowest BCUT2D eigenvalue weighted by Gasteiger charge is -2.37. The number of carbonyl (C=O) groups is 1. The van der Waals surface area contributed by atoms with Gasteiger partial charge in [0.15, 0.2) is 0 Å². The molecular formula is C19H23NO2S2. The summed E-state index contributed by atoms with van der Waals surface area (Å²) in [6.45, 7) is 3.70. The summed E-state index contributed by atoms with van der Waals surface area (Å²) in [5.74, 6) is -0.925. The van der Waals surface area contributed by atoms with Crippen molar-refractivity contribution in [1.29, 1.82) is 0 Å². The van der Waals surface area contributed by atoms with Crippen LogP contribution in [0.1, 0.15) is 34.2 Å². The number of nitrogens with zero attached hydrogens (tertiary/aromatic N) is 1. The second kappa shape index (κ2) is 7.72. The fourth-order valence-electron chi connectivity index (χ4n) is 3.38. The van der Waals surface area contributed by atoms with Crippen LogP contribution < -0.4 is 0 Å². The number of hydrogen-bond donors (Lipinski definition) is 1. The standard InChI is InChI=1S/C19H23NO2S2/c1-13-5-10-17(24-13)18(14-6-8-16(23-2)9-7-14)20-11-3-4-15(12-20)19(21)22/h5-10,15,18H,3-4,11-12H2,1-2H3,(H,21,22). The zero-order valence-corrected chi connectivity index (χ0v) is 15.7. The number of aryl methyl sites for hydroxylation is 1. The summed E-state index contributed by atoms with van der Waals surface area (Å²) in [7, 11) is 0. The number of benzene rings is 1. The summed E-state index contributed by atoms with van der Waals surface area (Å²) in [5.41, 5.74) is 1.25. The van der Waals surface area contributed by atoms with Crippen LogP contribution in [0.3, 0.4) is 0 Å². The molecule has 2 aromatic rings. The highest BCUT2D eigenvalue weighted by Crippen LogP contribution is 2.36. The Hall–Kier alpha value is -1.30. The smallest absolute Gasteiger partial charge is 0.307 e. The monoisotopic (exact) mass is 361 g/mol. The molecule has 2 atom stereocenters. The molecule has 1 saturated heterocycles. The van der Waals surface area contributed by atoms with Crippen LogP contribution in [0, 0.1) is 12.8 Å². The van der Waals surface area contributed by atoms with Crippen molar-refractivity contribution in [2.24, 2.45) is 5.92 Å². The Morgan fingerprint density at radius 2 is 2.04 bits per heavy atom. The van der Waals surface area contributed by atoms with Crippen LogP contribution >= 0.6 is 23.1 Å². The van der Waals surface area contributed by atoms with E-state index in [9.17, 15) is 9.90 Å². The quantitative estimate of drug-likeness (QED) is 0.786. The number of thiophene rings is 1. The molecule has 2 heterocycles. The average Bonchev–Trinajstić information content (AvgIpc) is 3.02. The molecule has 1 aliphatic heterocycles. The van der Waals surface area contributed by atoms with E-state index in [4.69, 9.17) is 0 Å². The lowest BCUT2D eigenvalue weighted by Crippen LogP contribution is -2.41. The van der Waals surface area contributed by atoms with E-state index in [1.165, 1.54) is 20.2 Å². The molecule has 1 aromatic heterocycles. The van der Waals surface area contributed by atoms with Gasteiger partial charge in [0.1, 0.15) is 0 Å². The molecule has 24 heavy (non-hydrogen) atoms. The molecule has 2 unspecified atom stereocenters. The maximum Gasteiger partial charge on any atom is 0.307 e. The molecule has 0 bridgehead atoms. The van der Waals surface area contributed by atoms with Crippen molar-refractivity contribution in [2.75, 3.05) is 19.3 Å². The zero-order chi connectivity index (χ0) is 17.1. The molecular weight excluding hydrogens is 338 g/mol. The van der Waals surface area contributed by atoms with Gasteiger partial charge in [-0.1, -0.05) is 12.1 Å². The Balaban J connectivity index is 1.93. The van der Waals surface area contributed by atoms with Gasteiger partial charge in [-0.25, -0.2) is 0 Å². The van der Waals surface area contributed by atoms with Gasteiger partial charge in [0.25, 0.3) is 0 Å². The Bertz CT molecular complexity index is 696. The topological polar surface area (TPSA) is 40.5 Å². The first-order valence-electron chi connectivity index (χ1n) is 8.25. The summed E-state index contributed by atoms with van der Waals surface area (Å²) in [6.07, 6.45) is 3.81. The van der Waals surface area contributed by atoms with Crippen LogP contribution in [0.5, 0.6) is 0 Å². The summed E-state index contributed by atoms with van der Waals surface area (Å²) in [6, 6.07) is 13.2. The molecule has 1 aromatic carbocycles. The summed E-state index contributed by atoms with van der Waals surface area (Å²) < 4.78 is 0. The van der Waals surface area contributed by atoms with Crippen molar-refractivity contribution < 1.29 is 9.90 Å². The summed E-state index contributed by atoms with van der Waals surface area (Å²) >= 11 is 3.55. The number of piperidine rings is 1. The molecule has 3 nitrogen and oxygen atoms in total. The first-order chi connectivity index (χ1) is 11.6. The van der Waals surface area contributed by atoms with Gasteiger partial charge in [-0.3, -0.25) is 9.69 Å². The molecule has 1 fully saturated rings. The van der Waals surface area contributed by atoms with Crippen molar-refractivity contribution in [1.82, 2.24) is 4.90 Å². The number of hydrogen-bond acceptors (Lipinski definition) is 4. The van der Waals surface area contributed by atoms with Gasteiger partial charge in [-0.2, -0.15) is 0 Å². The average molecular weight is 362 g/mol. The predicted molar refractivity (Wildman–Crippen MR) is 101 cm³/mol. The van der Waals surface area contributed by atoms with E-state index in [-0.39, 0.29) is 12.0 Å². The molecule has 0 spiro atoms. The first kappa shape index (κ1) is 17.5. The van der Waals surface area contributed by atoms with Crippen molar-refractivity contribution in [3.63, 3.8) is 0 Å². The fourth-order valence-corrected chi connectivity index (χ4v) is 4.83. The van der Waals surface area contributed by atoms with Gasteiger partial charge in [0.2, 0.25) is 0 Å². The molecule has 128 valence electrons. The third-order valence-electron chi connectivity index (χ3n) is 4.63. The molecule has 0 radical (unpaired) electrons. The Morgan fingerprint density at radius 3 is 2.62 bits per heavy atom. The minimum atomic E-state index is -0.668. The van der Waals surface area contributed by atoms with Gasteiger partial charge in [-0.05, 0) is 62.4 Å². The number of thioether (sulfide) groups is 1. The fraction of sp³-hybridized carbons (Fsp3) is 0.421. The molecule has 0 saturated carbocycles. The second-order valence-corrected chi connectivity index (χ2v) is 8.50. The Labute approximate surface area is 151 Å². The second-order valence-electron chi connectivity index (χ2n) is 6.30. The summed E-state index contributed by atoms with van der Waals surface area (Å²) in [4.78, 5) is 17.7. The minimum Gasteiger partial charge on any atom is -0.481 e. The third-order valence-corrected chi connectivity index (χ3v) is 6.43. The highest BCUT2D eigenvalue weighted by molar-refractivity contribution is 7.98. The maximum atomic E-state index is 11.5. The lowest BCUT2D eigenvalue weighted by molar-refractivity contribution is -0.143. The Kier molecular flexibility index (Phi) is 5.64. The number of aliphatic carboxylic acids is 1. The maximum absolute atomic E-state index is 11.5. The molecule has 1 aliphatic rings. The normalized spacial score (nSPS) is 20.0. The van der Waals surface area contributed by atoms with Crippen LogP contribution in [-0.2, 0) is 4.79 Å². The summed E-state index contributed by atoms with van der Waals surface area (Å²) in [5, 5.41) is 9.42. The van der Waals surface area contributed by atoms with Crippen LogP contribution in [0.25, 0.3) is 0 Å². The van der Waals surface area contributed by atoms with Crippen LogP contribution in [0.15, 0.2) is 41.3 Å². The minimum absolute atomic E-state index is 0.154. The Morgan fingerprint density at radius 1 is 1.29 bits per heavy atom. The van der Waals surface area contributed by atoms with E-state index in [1.807, 2.05) is 11.3 Å². The van der Waals surface area contributed by atoms with E-state index in [1.54, 1.807) is 11.8 Å². The van der Waals surface area contributed by atoms with Crippen molar-refractivity contribution in [2.45, 2.75) is 30.7 Å². The lowest BCUT2D eigenvalue weighted by atomic mass is 9.94. The van der Waals surface area contributed by atoms with Gasteiger partial charge >= 0.3 is 5.97 Å². The molecule has 1 N–H and O–H groups in total. The van der Waals surface area contributed by atoms with Crippen LogP contribution in [-0.4, -0.2) is 35.3 Å². The van der Waals surface area contributed by atoms with E-state index >= 15 is 0 Å². The van der Waals surface area contributed by atoms with Crippen molar-refractivity contribution >= 4 is 29.1 Å². The van der Waals surface area contributed by atoms with Crippen LogP contribution in [0.2, 0.25) is 0 Å². The van der Waals surface area contributed by atoms with E-state index in [0.29, 0.717) is 6.54 Å². The van der Waals surface area contributed by atoms with Gasteiger partial charge in [0.05, 0.1) is 12.0 Å². The number of carboxylic acid groups (broad SMARTS) is 1. The van der Waals surface area contributed by atoms with Crippen LogP contribution in [0.4, 0.5) is 0 Å². The van der Waals surface area contributed by atoms with E-state index in [0.717, 1.165) is 19.4 Å². The largest absolute Gasteiger partial charge is 0.481 e. The molecule has 5 heteroatoms. The van der Waals surface area contributed by atoms with Gasteiger partial charge < -0.3 is 5.11 Å². The van der Waals surface area contributed by atoms with Crippen molar-refractivity contribution in [3.8, 4) is 0 Å². The molecule has 0 aliphatic carbocycles. The predicted octanol–water partition coefficient (Wildman–Crippen LogP) is 4.66. The SMILES string of the molecule is CSc1ccc(C(c2ccc(C)s2)N2CCCC(C(=O)O)C2)cc1. The number of likely N-dealkylation sites (tertiary alicyclic amines) is 1. The zero-order valence-electron chi connectivity index (χ0n) is 14.1. The van der Waals surface area contributed by atoms with Crippen molar-refractivity contribution in [3.05, 3.63) is 51.7 Å². The van der Waals surface area contributed by atoms with Gasteiger partial charge in [0, 0.05) is 21.2 Å². The molecule has 3 rings (SSSR count). The highest BCUT2D eigenvalue weighted by Gasteiger charge is 2.31. The van der Waals surface area contributed by atoms with Gasteiger partial charge in [-0.15, -0.1) is 23.1 Å². The molecule has 0 amide bonds. The van der Waals surface area contributed by atoms with E-state index in [2.05, 4.69) is 54.5 Å². The highest BCUT2D eigenvalue weighted by atomic mass is 32.2.